The Hall–Kier alpha value is -2.73. The summed E-state index contributed by atoms with van der Waals surface area (Å²) in [4.78, 5) is 11.8. The molecule has 0 aliphatic heterocycles. The van der Waals surface area contributed by atoms with Crippen LogP contribution in [-0.2, 0) is 17.8 Å². The van der Waals surface area contributed by atoms with E-state index in [-0.39, 0.29) is 12.7 Å². The molecule has 6 heteroatoms. The minimum Gasteiger partial charge on any atom is -0.489 e. The Morgan fingerprint density at radius 3 is 2.53 bits per heavy atom. The van der Waals surface area contributed by atoms with Crippen LogP contribution in [0.5, 0.6) is 11.5 Å². The third kappa shape index (κ3) is 8.74. The van der Waals surface area contributed by atoms with Gasteiger partial charge in [0.05, 0.1) is 6.61 Å². The summed E-state index contributed by atoms with van der Waals surface area (Å²) in [7, 11) is 0. The fourth-order valence-corrected chi connectivity index (χ4v) is 2.73. The van der Waals surface area contributed by atoms with Gasteiger partial charge in [0.2, 0.25) is 0 Å². The second-order valence-corrected chi connectivity index (χ2v) is 8.19. The Labute approximate surface area is 179 Å². The number of aryl methyl sites for hydroxylation is 1. The number of nitrogens with one attached hydrogen (secondary N) is 1. The lowest BCUT2D eigenvalue weighted by Gasteiger charge is -2.20. The lowest BCUT2D eigenvalue weighted by atomic mass is 10.1. The molecule has 1 unspecified atom stereocenters. The number of hydrogen-bond donors (Lipinski definition) is 2. The van der Waals surface area contributed by atoms with Crippen molar-refractivity contribution in [1.29, 1.82) is 0 Å². The van der Waals surface area contributed by atoms with Gasteiger partial charge < -0.3 is 24.6 Å². The summed E-state index contributed by atoms with van der Waals surface area (Å²) < 4.78 is 17.0. The highest BCUT2D eigenvalue weighted by Gasteiger charge is 2.16. The Kier molecular flexibility index (Phi) is 8.99. The van der Waals surface area contributed by atoms with Crippen LogP contribution in [0, 0.1) is 0 Å². The van der Waals surface area contributed by atoms with Gasteiger partial charge in [-0.25, -0.2) is 4.79 Å². The molecule has 6 nitrogen and oxygen atoms in total. The molecule has 0 saturated carbocycles. The van der Waals surface area contributed by atoms with Gasteiger partial charge in [0.1, 0.15) is 29.8 Å². The number of benzene rings is 2. The topological polar surface area (TPSA) is 77.0 Å². The monoisotopic (exact) mass is 415 g/mol. The van der Waals surface area contributed by atoms with E-state index in [0.29, 0.717) is 31.7 Å². The fraction of sp³-hybridized carbons (Fsp3) is 0.458. The summed E-state index contributed by atoms with van der Waals surface area (Å²) in [5.74, 6) is 1.46. The number of rotatable bonds is 10. The van der Waals surface area contributed by atoms with Gasteiger partial charge in [-0.05, 0) is 69.9 Å². The lowest BCUT2D eigenvalue weighted by Crippen LogP contribution is -2.33. The number of amides is 1. The minimum absolute atomic E-state index is 0.0636. The first kappa shape index (κ1) is 23.5. The van der Waals surface area contributed by atoms with Crippen molar-refractivity contribution in [2.75, 3.05) is 13.2 Å². The van der Waals surface area contributed by atoms with Crippen LogP contribution in [-0.4, -0.2) is 36.1 Å². The van der Waals surface area contributed by atoms with E-state index in [1.54, 1.807) is 0 Å². The van der Waals surface area contributed by atoms with Crippen molar-refractivity contribution in [2.24, 2.45) is 0 Å². The highest BCUT2D eigenvalue weighted by molar-refractivity contribution is 5.67. The van der Waals surface area contributed by atoms with Crippen LogP contribution < -0.4 is 14.8 Å². The maximum Gasteiger partial charge on any atom is 0.407 e. The number of carbonyl (C=O) groups is 1. The molecule has 0 aliphatic rings. The summed E-state index contributed by atoms with van der Waals surface area (Å²) in [5, 5.41) is 12.1. The first-order valence-electron chi connectivity index (χ1n) is 10.3. The lowest BCUT2D eigenvalue weighted by molar-refractivity contribution is 0.0527. The van der Waals surface area contributed by atoms with Gasteiger partial charge in [-0.2, -0.15) is 0 Å². The second-order valence-electron chi connectivity index (χ2n) is 8.19. The van der Waals surface area contributed by atoms with Crippen LogP contribution in [0.15, 0.2) is 48.5 Å². The zero-order chi connectivity index (χ0) is 22.0. The zero-order valence-electron chi connectivity index (χ0n) is 18.3. The number of aliphatic hydroxyl groups is 1. The van der Waals surface area contributed by atoms with E-state index in [0.717, 1.165) is 16.9 Å². The average Bonchev–Trinajstić information content (AvgIpc) is 2.70. The number of alkyl carbamates (subject to hydrolysis) is 1. The maximum atomic E-state index is 11.8. The highest BCUT2D eigenvalue weighted by atomic mass is 16.6. The Morgan fingerprint density at radius 1 is 1.13 bits per heavy atom. The number of carbonyl (C=O) groups excluding carboxylic acids is 1. The van der Waals surface area contributed by atoms with Gasteiger partial charge in [0.15, 0.2) is 0 Å². The molecule has 0 fully saturated rings. The van der Waals surface area contributed by atoms with E-state index in [4.69, 9.17) is 14.2 Å². The Morgan fingerprint density at radius 2 is 1.87 bits per heavy atom. The van der Waals surface area contributed by atoms with Gasteiger partial charge in [-0.3, -0.25) is 0 Å². The molecular formula is C24H33NO5. The predicted octanol–water partition coefficient (Wildman–Crippen LogP) is 4.48. The highest BCUT2D eigenvalue weighted by Crippen LogP contribution is 2.27. The summed E-state index contributed by atoms with van der Waals surface area (Å²) in [6, 6.07) is 15.7. The third-order valence-electron chi connectivity index (χ3n) is 4.16. The molecular weight excluding hydrogens is 382 g/mol. The van der Waals surface area contributed by atoms with E-state index in [2.05, 4.69) is 5.32 Å². The molecule has 164 valence electrons. The Balaban J connectivity index is 1.97. The van der Waals surface area contributed by atoms with E-state index in [1.807, 2.05) is 76.2 Å². The molecule has 30 heavy (non-hydrogen) atoms. The zero-order valence-corrected chi connectivity index (χ0v) is 18.3. The second kappa shape index (κ2) is 11.5. The largest absolute Gasteiger partial charge is 0.489 e. The Bertz CT molecular complexity index is 786. The molecule has 1 atom stereocenters. The molecule has 0 saturated heterocycles. The van der Waals surface area contributed by atoms with Crippen LogP contribution in [0.25, 0.3) is 0 Å². The predicted molar refractivity (Wildman–Crippen MR) is 117 cm³/mol. The summed E-state index contributed by atoms with van der Waals surface area (Å²) in [5.41, 5.74) is 1.54. The maximum absolute atomic E-state index is 11.8. The first-order valence-corrected chi connectivity index (χ1v) is 10.3. The van der Waals surface area contributed by atoms with Gasteiger partial charge in [-0.15, -0.1) is 0 Å². The van der Waals surface area contributed by atoms with Crippen LogP contribution in [0.1, 0.15) is 45.2 Å². The molecule has 1 amide bonds. The van der Waals surface area contributed by atoms with Crippen molar-refractivity contribution in [1.82, 2.24) is 5.32 Å². The summed E-state index contributed by atoms with van der Waals surface area (Å²) >= 11 is 0. The molecule has 2 N–H and O–H groups in total. The van der Waals surface area contributed by atoms with Crippen LogP contribution in [0.3, 0.4) is 0 Å². The van der Waals surface area contributed by atoms with E-state index in [9.17, 15) is 9.90 Å². The van der Waals surface area contributed by atoms with E-state index in [1.165, 1.54) is 0 Å². The molecule has 0 heterocycles. The van der Waals surface area contributed by atoms with Crippen molar-refractivity contribution in [3.05, 3.63) is 59.7 Å². The van der Waals surface area contributed by atoms with Crippen LogP contribution in [0.2, 0.25) is 0 Å². The SMILES string of the molecule is CC(CO)Oc1ccc(OCc2ccccc2)cc1CCCNC(=O)OC(C)(C)C. The van der Waals surface area contributed by atoms with Crippen molar-refractivity contribution < 1.29 is 24.1 Å². The summed E-state index contributed by atoms with van der Waals surface area (Å²) in [6.45, 7) is 8.21. The molecule has 0 spiro atoms. The van der Waals surface area contributed by atoms with Crippen molar-refractivity contribution in [2.45, 2.75) is 58.8 Å². The molecule has 2 rings (SSSR count). The van der Waals surface area contributed by atoms with Gasteiger partial charge in [-0.1, -0.05) is 30.3 Å². The molecule has 0 bridgehead atoms. The van der Waals surface area contributed by atoms with Gasteiger partial charge >= 0.3 is 6.09 Å². The van der Waals surface area contributed by atoms with Crippen molar-refractivity contribution in [3.8, 4) is 11.5 Å². The molecule has 2 aromatic carbocycles. The van der Waals surface area contributed by atoms with Crippen LogP contribution in [0.4, 0.5) is 4.79 Å². The average molecular weight is 416 g/mol. The molecule has 0 radical (unpaired) electrons. The number of ether oxygens (including phenoxy) is 3. The normalized spacial score (nSPS) is 12.2. The van der Waals surface area contributed by atoms with E-state index < -0.39 is 11.7 Å². The third-order valence-corrected chi connectivity index (χ3v) is 4.16. The van der Waals surface area contributed by atoms with Crippen molar-refractivity contribution >= 4 is 6.09 Å². The quantitative estimate of drug-likeness (QED) is 0.560. The summed E-state index contributed by atoms with van der Waals surface area (Å²) in [6.07, 6.45) is 0.671. The van der Waals surface area contributed by atoms with Crippen molar-refractivity contribution in [3.63, 3.8) is 0 Å². The van der Waals surface area contributed by atoms with Crippen LogP contribution >= 0.6 is 0 Å². The molecule has 2 aromatic rings. The van der Waals surface area contributed by atoms with Gasteiger partial charge in [0.25, 0.3) is 0 Å². The standard InChI is InChI=1S/C24H33NO5/c1-18(16-26)29-22-13-12-21(28-17-19-9-6-5-7-10-19)15-20(22)11-8-14-25-23(27)30-24(2,3)4/h5-7,9-10,12-13,15,18,26H,8,11,14,16-17H2,1-4H3,(H,25,27). The molecule has 0 aromatic heterocycles. The fourth-order valence-electron chi connectivity index (χ4n) is 2.73. The number of aliphatic hydroxyl groups excluding tert-OH is 1. The van der Waals surface area contributed by atoms with E-state index >= 15 is 0 Å². The van der Waals surface area contributed by atoms with Gasteiger partial charge in [0, 0.05) is 6.54 Å². The minimum atomic E-state index is -0.518. The molecule has 0 aliphatic carbocycles. The first-order chi connectivity index (χ1) is 14.3. The number of hydrogen-bond acceptors (Lipinski definition) is 5. The smallest absolute Gasteiger partial charge is 0.407 e.